The molecule has 0 saturated heterocycles. The van der Waals surface area contributed by atoms with Gasteiger partial charge in [-0.1, -0.05) is 148 Å². The van der Waals surface area contributed by atoms with Crippen LogP contribution in [0.4, 0.5) is 0 Å². The van der Waals surface area contributed by atoms with Gasteiger partial charge in [0.1, 0.15) is 0 Å². The lowest BCUT2D eigenvalue weighted by molar-refractivity contribution is -0.151. The van der Waals surface area contributed by atoms with E-state index in [0.717, 1.165) is 19.3 Å². The number of carboxylic acid groups (broad SMARTS) is 1. The van der Waals surface area contributed by atoms with Crippen LogP contribution in [0.5, 0.6) is 0 Å². The molecule has 0 aliphatic carbocycles. The van der Waals surface area contributed by atoms with Gasteiger partial charge in [0.25, 0.3) is 0 Å². The number of hydrogen-bond acceptors (Lipinski definition) is 3. The van der Waals surface area contributed by atoms with Crippen LogP contribution in [-0.4, -0.2) is 23.7 Å². The molecule has 0 spiro atoms. The van der Waals surface area contributed by atoms with Gasteiger partial charge >= 0.3 is 11.9 Å². The fourth-order valence-corrected chi connectivity index (χ4v) is 5.02. The highest BCUT2D eigenvalue weighted by atomic mass is 16.5. The molecule has 38 heavy (non-hydrogen) atoms. The first kappa shape index (κ1) is 36.7. The molecule has 1 unspecified atom stereocenters. The second-order valence-corrected chi connectivity index (χ2v) is 11.4. The number of unbranched alkanes of at least 4 members (excludes halogenated alkanes) is 21. The molecule has 4 nitrogen and oxygen atoms in total. The Bertz CT molecular complexity index is 543. The molecule has 0 heterocycles. The monoisotopic (exact) mass is 536 g/mol. The van der Waals surface area contributed by atoms with Crippen LogP contribution in [0, 0.1) is 5.92 Å². The molecule has 0 radical (unpaired) electrons. The zero-order chi connectivity index (χ0) is 27.9. The Morgan fingerprint density at radius 1 is 0.579 bits per heavy atom. The van der Waals surface area contributed by atoms with Crippen LogP contribution in [0.25, 0.3) is 0 Å². The molecule has 1 N–H and O–H groups in total. The van der Waals surface area contributed by atoms with Gasteiger partial charge in [-0.2, -0.15) is 0 Å². The second kappa shape index (κ2) is 30.2. The number of aliphatic carboxylic acids is 1. The summed E-state index contributed by atoms with van der Waals surface area (Å²) < 4.78 is 5.03. The number of allylic oxidation sites excluding steroid dienone is 2. The minimum absolute atomic E-state index is 0.00539. The van der Waals surface area contributed by atoms with E-state index in [1.165, 1.54) is 135 Å². The smallest absolute Gasteiger partial charge is 0.307 e. The van der Waals surface area contributed by atoms with Crippen molar-refractivity contribution in [1.82, 2.24) is 0 Å². The lowest BCUT2D eigenvalue weighted by atomic mass is 9.97. The summed E-state index contributed by atoms with van der Waals surface area (Å²) in [6.07, 6.45) is 36.5. The molecule has 4 heteroatoms. The Morgan fingerprint density at radius 2 is 0.974 bits per heavy atom. The quantitative estimate of drug-likeness (QED) is 0.0563. The first-order valence-electron chi connectivity index (χ1n) is 16.6. The summed E-state index contributed by atoms with van der Waals surface area (Å²) in [6, 6.07) is 0. The van der Waals surface area contributed by atoms with Crippen molar-refractivity contribution in [2.75, 3.05) is 6.61 Å². The molecule has 1 atom stereocenters. The van der Waals surface area contributed by atoms with Crippen LogP contribution >= 0.6 is 0 Å². The molecule has 0 amide bonds. The number of carbonyl (C=O) groups excluding carboxylic acids is 1. The Kier molecular flexibility index (Phi) is 29.2. The lowest BCUT2D eigenvalue weighted by Gasteiger charge is -2.11. The van der Waals surface area contributed by atoms with Crippen LogP contribution in [0.3, 0.4) is 0 Å². The second-order valence-electron chi connectivity index (χ2n) is 11.4. The van der Waals surface area contributed by atoms with Crippen molar-refractivity contribution in [3.8, 4) is 0 Å². The highest BCUT2D eigenvalue weighted by Gasteiger charge is 2.21. The van der Waals surface area contributed by atoms with E-state index in [-0.39, 0.29) is 12.4 Å². The van der Waals surface area contributed by atoms with Crippen LogP contribution in [-0.2, 0) is 14.3 Å². The number of rotatable bonds is 30. The van der Waals surface area contributed by atoms with E-state index < -0.39 is 11.9 Å². The Hall–Kier alpha value is -1.32. The van der Waals surface area contributed by atoms with Gasteiger partial charge in [-0.15, -0.1) is 0 Å². The maximum atomic E-state index is 11.7. The summed E-state index contributed by atoms with van der Waals surface area (Å²) in [5, 5.41) is 9.32. The van der Waals surface area contributed by atoms with Gasteiger partial charge in [0.2, 0.25) is 0 Å². The number of ether oxygens (including phenoxy) is 1. The van der Waals surface area contributed by atoms with Crippen molar-refractivity contribution in [3.63, 3.8) is 0 Å². The Balaban J connectivity index is 3.34. The summed E-state index contributed by atoms with van der Waals surface area (Å²) in [5.41, 5.74) is 0. The third-order valence-electron chi connectivity index (χ3n) is 7.54. The summed E-state index contributed by atoms with van der Waals surface area (Å²) in [6.45, 7) is 4.59. The SMILES string of the molecule is CCCCCCCCCCC/C=C/CCCCCCCCCCCCCCC(CC(=O)OCCC)C(=O)O. The van der Waals surface area contributed by atoms with E-state index in [4.69, 9.17) is 4.74 Å². The zero-order valence-corrected chi connectivity index (χ0v) is 25.5. The Morgan fingerprint density at radius 3 is 1.37 bits per heavy atom. The first-order chi connectivity index (χ1) is 18.6. The van der Waals surface area contributed by atoms with Crippen LogP contribution < -0.4 is 0 Å². The largest absolute Gasteiger partial charge is 0.481 e. The van der Waals surface area contributed by atoms with Gasteiger partial charge in [-0.05, 0) is 38.5 Å². The van der Waals surface area contributed by atoms with E-state index in [1.54, 1.807) is 0 Å². The van der Waals surface area contributed by atoms with Crippen molar-refractivity contribution in [2.45, 2.75) is 181 Å². The van der Waals surface area contributed by atoms with Gasteiger partial charge < -0.3 is 9.84 Å². The van der Waals surface area contributed by atoms with Crippen molar-refractivity contribution in [3.05, 3.63) is 12.2 Å². The Labute approximate surface area is 236 Å². The third-order valence-corrected chi connectivity index (χ3v) is 7.54. The fraction of sp³-hybridized carbons (Fsp3) is 0.882. The predicted octanol–water partition coefficient (Wildman–Crippen LogP) is 11.0. The van der Waals surface area contributed by atoms with Gasteiger partial charge in [0.05, 0.1) is 18.9 Å². The van der Waals surface area contributed by atoms with Crippen molar-refractivity contribution in [2.24, 2.45) is 5.92 Å². The molecule has 0 aliphatic heterocycles. The van der Waals surface area contributed by atoms with E-state index in [2.05, 4.69) is 19.1 Å². The van der Waals surface area contributed by atoms with E-state index in [0.29, 0.717) is 13.0 Å². The number of carboxylic acids is 1. The van der Waals surface area contributed by atoms with Crippen molar-refractivity contribution >= 4 is 11.9 Å². The van der Waals surface area contributed by atoms with Crippen LogP contribution in [0.2, 0.25) is 0 Å². The molecule has 0 rings (SSSR count). The van der Waals surface area contributed by atoms with Crippen molar-refractivity contribution in [1.29, 1.82) is 0 Å². The first-order valence-corrected chi connectivity index (χ1v) is 16.6. The molecule has 0 saturated carbocycles. The maximum absolute atomic E-state index is 11.7. The van der Waals surface area contributed by atoms with E-state index in [9.17, 15) is 14.7 Å². The molecular weight excluding hydrogens is 472 g/mol. The molecule has 224 valence electrons. The van der Waals surface area contributed by atoms with Gasteiger partial charge in [0.15, 0.2) is 0 Å². The van der Waals surface area contributed by atoms with Crippen molar-refractivity contribution < 1.29 is 19.4 Å². The predicted molar refractivity (Wildman–Crippen MR) is 163 cm³/mol. The van der Waals surface area contributed by atoms with Crippen LogP contribution in [0.1, 0.15) is 181 Å². The number of esters is 1. The zero-order valence-electron chi connectivity index (χ0n) is 25.5. The molecule has 0 fully saturated rings. The highest BCUT2D eigenvalue weighted by Crippen LogP contribution is 2.18. The minimum atomic E-state index is -0.876. The standard InChI is InChI=1S/C34H64O4/c1-3-5-6-7-8-9-10-11-12-13-14-15-16-17-18-19-20-21-22-23-24-25-26-27-28-29-32(34(36)37)31-33(35)38-30-4-2/h14-15,32H,3-13,16-31H2,1-2H3,(H,36,37)/b15-14+. The van der Waals surface area contributed by atoms with E-state index in [1.807, 2.05) is 6.92 Å². The highest BCUT2D eigenvalue weighted by molar-refractivity contribution is 5.78. The molecular formula is C34H64O4. The number of hydrogen-bond donors (Lipinski definition) is 1. The average molecular weight is 537 g/mol. The average Bonchev–Trinajstić information content (AvgIpc) is 2.91. The number of carbonyl (C=O) groups is 2. The fourth-order valence-electron chi connectivity index (χ4n) is 5.02. The van der Waals surface area contributed by atoms with Crippen LogP contribution in [0.15, 0.2) is 12.2 Å². The third kappa shape index (κ3) is 27.7. The van der Waals surface area contributed by atoms with Gasteiger partial charge in [-0.3, -0.25) is 9.59 Å². The summed E-state index contributed by atoms with van der Waals surface area (Å²) in [4.78, 5) is 23.0. The summed E-state index contributed by atoms with van der Waals surface area (Å²) in [7, 11) is 0. The summed E-state index contributed by atoms with van der Waals surface area (Å²) in [5.74, 6) is -1.85. The van der Waals surface area contributed by atoms with Gasteiger partial charge in [-0.25, -0.2) is 0 Å². The molecule has 0 bridgehead atoms. The van der Waals surface area contributed by atoms with Gasteiger partial charge in [0, 0.05) is 0 Å². The molecule has 0 aromatic rings. The topological polar surface area (TPSA) is 63.6 Å². The molecule has 0 aromatic carbocycles. The minimum Gasteiger partial charge on any atom is -0.481 e. The maximum Gasteiger partial charge on any atom is 0.307 e. The normalized spacial score (nSPS) is 12.3. The lowest BCUT2D eigenvalue weighted by Crippen LogP contribution is -2.19. The molecule has 0 aliphatic rings. The van der Waals surface area contributed by atoms with E-state index >= 15 is 0 Å². The summed E-state index contributed by atoms with van der Waals surface area (Å²) >= 11 is 0. The molecule has 0 aromatic heterocycles.